The number of rotatable bonds is 11. The molecule has 120 valence electrons. The Bertz CT molecular complexity index is 389. The Hall–Kier alpha value is -1.06. The molecule has 0 saturated carbocycles. The monoisotopic (exact) mass is 293 g/mol. The molecule has 0 aliphatic carbocycles. The maximum Gasteiger partial charge on any atom is 0.119 e. The Labute approximate surface area is 129 Å². The van der Waals surface area contributed by atoms with Gasteiger partial charge in [-0.3, -0.25) is 0 Å². The topological polar surface area (TPSA) is 41.5 Å². The molecule has 1 aromatic carbocycles. The second-order valence-corrected chi connectivity index (χ2v) is 5.67. The minimum Gasteiger partial charge on any atom is -0.494 e. The highest BCUT2D eigenvalue weighted by Gasteiger charge is 2.25. The molecule has 0 bridgehead atoms. The van der Waals surface area contributed by atoms with Gasteiger partial charge in [0.15, 0.2) is 0 Å². The lowest BCUT2D eigenvalue weighted by molar-refractivity contribution is 0.138. The van der Waals surface area contributed by atoms with E-state index in [1.165, 1.54) is 5.56 Å². The van der Waals surface area contributed by atoms with Crippen molar-refractivity contribution in [2.45, 2.75) is 58.4 Å². The average molecular weight is 293 g/mol. The van der Waals surface area contributed by atoms with Crippen molar-refractivity contribution in [3.63, 3.8) is 0 Å². The van der Waals surface area contributed by atoms with E-state index in [9.17, 15) is 5.11 Å². The molecule has 0 fully saturated rings. The fraction of sp³-hybridized carbons (Fsp3) is 0.667. The van der Waals surface area contributed by atoms with Crippen LogP contribution < -0.4 is 10.1 Å². The number of nitrogens with one attached hydrogen (secondary N) is 1. The number of aliphatic hydroxyl groups excluding tert-OH is 1. The van der Waals surface area contributed by atoms with Crippen molar-refractivity contribution < 1.29 is 9.84 Å². The maximum atomic E-state index is 9.68. The van der Waals surface area contributed by atoms with Crippen LogP contribution in [0.5, 0.6) is 5.75 Å². The number of ether oxygens (including phenoxy) is 1. The third-order valence-corrected chi connectivity index (χ3v) is 4.10. The second-order valence-electron chi connectivity index (χ2n) is 5.67. The summed E-state index contributed by atoms with van der Waals surface area (Å²) in [6.07, 6.45) is 4.94. The van der Waals surface area contributed by atoms with Crippen molar-refractivity contribution in [3.8, 4) is 5.75 Å². The van der Waals surface area contributed by atoms with Gasteiger partial charge in [-0.1, -0.05) is 32.9 Å². The zero-order chi connectivity index (χ0) is 15.6. The molecule has 2 N–H and O–H groups in total. The van der Waals surface area contributed by atoms with Crippen LogP contribution in [0.3, 0.4) is 0 Å². The Balaban J connectivity index is 2.39. The average Bonchev–Trinajstić information content (AvgIpc) is 2.55. The summed E-state index contributed by atoms with van der Waals surface area (Å²) in [5.41, 5.74) is 1.15. The molecular weight excluding hydrogens is 262 g/mol. The SMILES string of the molecule is CCCNC(CC)(CO)CCCOc1cccc(CC)c1. The number of aliphatic hydroxyl groups is 1. The maximum absolute atomic E-state index is 9.68. The van der Waals surface area contributed by atoms with Gasteiger partial charge in [-0.2, -0.15) is 0 Å². The first kappa shape index (κ1) is 18.0. The van der Waals surface area contributed by atoms with Gasteiger partial charge in [0.1, 0.15) is 5.75 Å². The highest BCUT2D eigenvalue weighted by Crippen LogP contribution is 2.19. The molecule has 0 heterocycles. The van der Waals surface area contributed by atoms with E-state index in [4.69, 9.17) is 4.74 Å². The quantitative estimate of drug-likeness (QED) is 0.613. The summed E-state index contributed by atoms with van der Waals surface area (Å²) in [6, 6.07) is 8.28. The van der Waals surface area contributed by atoms with E-state index in [1.807, 2.05) is 12.1 Å². The molecule has 0 radical (unpaired) electrons. The lowest BCUT2D eigenvalue weighted by Crippen LogP contribution is -2.48. The molecular formula is C18H31NO2. The Morgan fingerprint density at radius 2 is 2.05 bits per heavy atom. The van der Waals surface area contributed by atoms with E-state index in [1.54, 1.807) is 0 Å². The van der Waals surface area contributed by atoms with Gasteiger partial charge in [0.05, 0.1) is 13.2 Å². The molecule has 3 nitrogen and oxygen atoms in total. The van der Waals surface area contributed by atoms with Crippen LogP contribution in [-0.4, -0.2) is 30.4 Å². The molecule has 0 saturated heterocycles. The van der Waals surface area contributed by atoms with Crippen molar-refractivity contribution in [2.75, 3.05) is 19.8 Å². The van der Waals surface area contributed by atoms with Crippen LogP contribution in [-0.2, 0) is 6.42 Å². The summed E-state index contributed by atoms with van der Waals surface area (Å²) in [7, 11) is 0. The van der Waals surface area contributed by atoms with Gasteiger partial charge in [-0.05, 0) is 56.3 Å². The van der Waals surface area contributed by atoms with Crippen molar-refractivity contribution in [1.29, 1.82) is 0 Å². The number of benzene rings is 1. The zero-order valence-corrected chi connectivity index (χ0v) is 13.8. The molecule has 1 atom stereocenters. The lowest BCUT2D eigenvalue weighted by atomic mass is 9.91. The first-order valence-electron chi connectivity index (χ1n) is 8.27. The largest absolute Gasteiger partial charge is 0.494 e. The van der Waals surface area contributed by atoms with E-state index >= 15 is 0 Å². The van der Waals surface area contributed by atoms with Gasteiger partial charge in [-0.15, -0.1) is 0 Å². The standard InChI is InChI=1S/C18H31NO2/c1-4-12-19-18(6-3,15-20)11-8-13-21-17-10-7-9-16(5-2)14-17/h7,9-10,14,19-20H,4-6,8,11-13,15H2,1-3H3. The van der Waals surface area contributed by atoms with Gasteiger partial charge >= 0.3 is 0 Å². The van der Waals surface area contributed by atoms with Crippen LogP contribution in [0.4, 0.5) is 0 Å². The first-order chi connectivity index (χ1) is 10.2. The highest BCUT2D eigenvalue weighted by molar-refractivity contribution is 5.28. The zero-order valence-electron chi connectivity index (χ0n) is 13.8. The molecule has 0 aliphatic rings. The van der Waals surface area contributed by atoms with Gasteiger partial charge in [0.2, 0.25) is 0 Å². The Morgan fingerprint density at radius 3 is 2.67 bits per heavy atom. The van der Waals surface area contributed by atoms with E-state index in [0.717, 1.165) is 44.4 Å². The van der Waals surface area contributed by atoms with E-state index in [0.29, 0.717) is 6.61 Å². The van der Waals surface area contributed by atoms with E-state index < -0.39 is 0 Å². The van der Waals surface area contributed by atoms with Gasteiger partial charge < -0.3 is 15.2 Å². The molecule has 0 amide bonds. The predicted molar refractivity (Wildman–Crippen MR) is 89.0 cm³/mol. The third-order valence-electron chi connectivity index (χ3n) is 4.10. The number of aryl methyl sites for hydroxylation is 1. The van der Waals surface area contributed by atoms with Crippen molar-refractivity contribution in [3.05, 3.63) is 29.8 Å². The predicted octanol–water partition coefficient (Wildman–Crippen LogP) is 3.55. The van der Waals surface area contributed by atoms with Crippen LogP contribution in [0, 0.1) is 0 Å². The summed E-state index contributed by atoms with van der Waals surface area (Å²) in [5.74, 6) is 0.946. The van der Waals surface area contributed by atoms with Crippen molar-refractivity contribution >= 4 is 0 Å². The van der Waals surface area contributed by atoms with Crippen LogP contribution in [0.2, 0.25) is 0 Å². The smallest absolute Gasteiger partial charge is 0.119 e. The Kier molecular flexibility index (Phi) is 8.40. The Morgan fingerprint density at radius 1 is 1.24 bits per heavy atom. The first-order valence-corrected chi connectivity index (χ1v) is 8.27. The molecule has 1 aromatic rings. The molecule has 0 spiro atoms. The van der Waals surface area contributed by atoms with Crippen LogP contribution in [0.1, 0.15) is 52.0 Å². The molecule has 21 heavy (non-hydrogen) atoms. The number of hydrogen-bond donors (Lipinski definition) is 2. The molecule has 1 rings (SSSR count). The minimum absolute atomic E-state index is 0.148. The highest BCUT2D eigenvalue weighted by atomic mass is 16.5. The lowest BCUT2D eigenvalue weighted by Gasteiger charge is -2.32. The fourth-order valence-electron chi connectivity index (χ4n) is 2.48. The number of hydrogen-bond acceptors (Lipinski definition) is 3. The van der Waals surface area contributed by atoms with Crippen LogP contribution >= 0.6 is 0 Å². The molecule has 1 unspecified atom stereocenters. The summed E-state index contributed by atoms with van der Waals surface area (Å²) in [6.45, 7) is 8.26. The third kappa shape index (κ3) is 6.06. The summed E-state index contributed by atoms with van der Waals surface area (Å²) in [5, 5.41) is 13.2. The summed E-state index contributed by atoms with van der Waals surface area (Å²) < 4.78 is 5.83. The summed E-state index contributed by atoms with van der Waals surface area (Å²) >= 11 is 0. The molecule has 0 aromatic heterocycles. The second kappa shape index (κ2) is 9.80. The van der Waals surface area contributed by atoms with Gasteiger partial charge in [0.25, 0.3) is 0 Å². The fourth-order valence-corrected chi connectivity index (χ4v) is 2.48. The van der Waals surface area contributed by atoms with Gasteiger partial charge in [0, 0.05) is 5.54 Å². The van der Waals surface area contributed by atoms with Crippen LogP contribution in [0.25, 0.3) is 0 Å². The van der Waals surface area contributed by atoms with E-state index in [-0.39, 0.29) is 12.1 Å². The van der Waals surface area contributed by atoms with E-state index in [2.05, 4.69) is 38.2 Å². The van der Waals surface area contributed by atoms with Gasteiger partial charge in [-0.25, -0.2) is 0 Å². The van der Waals surface area contributed by atoms with Crippen molar-refractivity contribution in [1.82, 2.24) is 5.32 Å². The van der Waals surface area contributed by atoms with Crippen molar-refractivity contribution in [2.24, 2.45) is 0 Å². The molecule has 3 heteroatoms. The minimum atomic E-state index is -0.148. The van der Waals surface area contributed by atoms with Crippen LogP contribution in [0.15, 0.2) is 24.3 Å². The summed E-state index contributed by atoms with van der Waals surface area (Å²) in [4.78, 5) is 0. The molecule has 0 aliphatic heterocycles. The normalized spacial score (nSPS) is 13.9.